The molecule has 2 N–H and O–H groups in total. The van der Waals surface area contributed by atoms with Crippen LogP contribution in [-0.2, 0) is 4.79 Å². The largest absolute Gasteiger partial charge is 0.497 e. The van der Waals surface area contributed by atoms with Crippen LogP contribution in [0.3, 0.4) is 0 Å². The highest BCUT2D eigenvalue weighted by molar-refractivity contribution is 6.06. The fourth-order valence-corrected chi connectivity index (χ4v) is 4.01. The molecule has 1 aliphatic rings. The molecule has 0 saturated carbocycles. The summed E-state index contributed by atoms with van der Waals surface area (Å²) >= 11 is 0. The number of hydrogen-bond acceptors (Lipinski definition) is 5. The number of halogens is 1. The van der Waals surface area contributed by atoms with Gasteiger partial charge in [-0.3, -0.25) is 4.79 Å². The van der Waals surface area contributed by atoms with Crippen LogP contribution in [0.2, 0.25) is 0 Å². The average Bonchev–Trinajstić information content (AvgIpc) is 3.28. The molecular weight excluding hydrogens is 433 g/mol. The number of nitrogens with zero attached hydrogens (tertiary/aromatic N) is 3. The summed E-state index contributed by atoms with van der Waals surface area (Å²) in [6.07, 6.45) is 0. The van der Waals surface area contributed by atoms with Gasteiger partial charge >= 0.3 is 0 Å². The molecule has 0 saturated heterocycles. The van der Waals surface area contributed by atoms with E-state index in [1.807, 2.05) is 61.5 Å². The highest BCUT2D eigenvalue weighted by Crippen LogP contribution is 2.37. The lowest BCUT2D eigenvalue weighted by Gasteiger charge is -2.28. The molecule has 8 heteroatoms. The molecule has 0 aliphatic carbocycles. The van der Waals surface area contributed by atoms with Crippen LogP contribution in [0.1, 0.15) is 18.5 Å². The first-order chi connectivity index (χ1) is 16.5. The third kappa shape index (κ3) is 4.01. The molecule has 5 rings (SSSR count). The number of allylic oxidation sites excluding steroid dienone is 1. The van der Waals surface area contributed by atoms with Crippen molar-refractivity contribution in [3.05, 3.63) is 102 Å². The van der Waals surface area contributed by atoms with Gasteiger partial charge in [0.2, 0.25) is 5.95 Å². The number of rotatable bonds is 5. The van der Waals surface area contributed by atoms with Gasteiger partial charge in [-0.05, 0) is 48.9 Å². The van der Waals surface area contributed by atoms with Gasteiger partial charge in [0.25, 0.3) is 5.91 Å². The topological polar surface area (TPSA) is 81.1 Å². The molecule has 1 aliphatic heterocycles. The van der Waals surface area contributed by atoms with Gasteiger partial charge in [0, 0.05) is 16.9 Å². The molecule has 1 amide bonds. The molecular formula is C26H22FN5O2. The van der Waals surface area contributed by atoms with Crippen LogP contribution in [0.4, 0.5) is 16.0 Å². The molecule has 0 bridgehead atoms. The Morgan fingerprint density at radius 2 is 1.82 bits per heavy atom. The molecule has 0 fully saturated rings. The van der Waals surface area contributed by atoms with Crippen LogP contribution in [0, 0.1) is 5.82 Å². The fraction of sp³-hybridized carbons (Fsp3) is 0.115. The molecule has 1 atom stereocenters. The number of amides is 1. The number of carbonyl (C=O) groups excluding carboxylic acids is 1. The lowest BCUT2D eigenvalue weighted by Crippen LogP contribution is -2.31. The summed E-state index contributed by atoms with van der Waals surface area (Å²) in [4.78, 5) is 18.2. The Morgan fingerprint density at radius 1 is 1.06 bits per heavy atom. The average molecular weight is 455 g/mol. The molecule has 0 radical (unpaired) electrons. The smallest absolute Gasteiger partial charge is 0.255 e. The molecule has 0 unspecified atom stereocenters. The van der Waals surface area contributed by atoms with Crippen molar-refractivity contribution >= 4 is 17.5 Å². The van der Waals surface area contributed by atoms with Crippen molar-refractivity contribution in [2.45, 2.75) is 13.0 Å². The lowest BCUT2D eigenvalue weighted by atomic mass is 9.95. The van der Waals surface area contributed by atoms with Crippen molar-refractivity contribution in [3.8, 4) is 17.1 Å². The summed E-state index contributed by atoms with van der Waals surface area (Å²) in [6.45, 7) is 1.83. The van der Waals surface area contributed by atoms with Gasteiger partial charge in [-0.15, -0.1) is 5.10 Å². The van der Waals surface area contributed by atoms with E-state index in [9.17, 15) is 9.18 Å². The molecule has 2 heterocycles. The third-order valence-corrected chi connectivity index (χ3v) is 5.64. The predicted octanol–water partition coefficient (Wildman–Crippen LogP) is 5.02. The minimum Gasteiger partial charge on any atom is -0.497 e. The quantitative estimate of drug-likeness (QED) is 0.442. The van der Waals surface area contributed by atoms with E-state index < -0.39 is 6.04 Å². The molecule has 170 valence electrons. The Bertz CT molecular complexity index is 1380. The molecule has 34 heavy (non-hydrogen) atoms. The number of carbonyl (C=O) groups is 1. The third-order valence-electron chi connectivity index (χ3n) is 5.64. The highest BCUT2D eigenvalue weighted by Gasteiger charge is 2.34. The molecule has 7 nitrogen and oxygen atoms in total. The summed E-state index contributed by atoms with van der Waals surface area (Å²) in [7, 11) is 1.60. The number of hydrogen-bond donors (Lipinski definition) is 2. The lowest BCUT2D eigenvalue weighted by molar-refractivity contribution is -0.113. The van der Waals surface area contributed by atoms with E-state index in [1.54, 1.807) is 11.8 Å². The van der Waals surface area contributed by atoms with Crippen molar-refractivity contribution in [2.75, 3.05) is 17.7 Å². The van der Waals surface area contributed by atoms with E-state index >= 15 is 0 Å². The summed E-state index contributed by atoms with van der Waals surface area (Å²) in [5.74, 6) is 1.04. The van der Waals surface area contributed by atoms with E-state index in [4.69, 9.17) is 9.84 Å². The zero-order valence-electron chi connectivity index (χ0n) is 18.6. The molecule has 4 aromatic rings. The van der Waals surface area contributed by atoms with Crippen molar-refractivity contribution < 1.29 is 13.9 Å². The number of fused-ring (bicyclic) bond motifs is 1. The first-order valence-corrected chi connectivity index (χ1v) is 10.7. The van der Waals surface area contributed by atoms with Gasteiger partial charge in [0.05, 0.1) is 12.7 Å². The van der Waals surface area contributed by atoms with Crippen molar-refractivity contribution in [3.63, 3.8) is 0 Å². The Labute approximate surface area is 195 Å². The van der Waals surface area contributed by atoms with Crippen LogP contribution < -0.4 is 15.4 Å². The SMILES string of the molecule is COc1cccc([C@H]2C(C(=O)Nc3ccc(F)cc3)=C(C)Nc3nc(-c4ccccc4)nn32)c1. The van der Waals surface area contributed by atoms with Gasteiger partial charge in [0.1, 0.15) is 17.6 Å². The first kappa shape index (κ1) is 21.4. The molecule has 3 aromatic carbocycles. The van der Waals surface area contributed by atoms with Gasteiger partial charge in [-0.2, -0.15) is 4.98 Å². The second-order valence-corrected chi connectivity index (χ2v) is 7.87. The summed E-state index contributed by atoms with van der Waals surface area (Å²) < 4.78 is 20.5. The summed E-state index contributed by atoms with van der Waals surface area (Å²) in [5.41, 5.74) is 3.28. The maximum absolute atomic E-state index is 13.5. The normalized spacial score (nSPS) is 14.9. The number of anilines is 2. The van der Waals surface area contributed by atoms with E-state index in [2.05, 4.69) is 15.6 Å². The zero-order chi connectivity index (χ0) is 23.7. The fourth-order valence-electron chi connectivity index (χ4n) is 4.01. The molecule has 0 spiro atoms. The Balaban J connectivity index is 1.60. The number of methoxy groups -OCH3 is 1. The summed E-state index contributed by atoms with van der Waals surface area (Å²) in [6, 6.07) is 22.3. The maximum Gasteiger partial charge on any atom is 0.255 e. The van der Waals surface area contributed by atoms with Gasteiger partial charge in [0.15, 0.2) is 5.82 Å². The first-order valence-electron chi connectivity index (χ1n) is 10.7. The van der Waals surface area contributed by atoms with Crippen LogP contribution in [0.5, 0.6) is 5.75 Å². The number of aromatic nitrogens is 3. The van der Waals surface area contributed by atoms with E-state index in [0.29, 0.717) is 34.5 Å². The van der Waals surface area contributed by atoms with Crippen molar-refractivity contribution in [1.29, 1.82) is 0 Å². The zero-order valence-corrected chi connectivity index (χ0v) is 18.6. The molecule has 1 aromatic heterocycles. The highest BCUT2D eigenvalue weighted by atomic mass is 19.1. The van der Waals surface area contributed by atoms with Gasteiger partial charge < -0.3 is 15.4 Å². The second-order valence-electron chi connectivity index (χ2n) is 7.87. The Hall–Kier alpha value is -4.46. The number of benzene rings is 3. The van der Waals surface area contributed by atoms with Crippen LogP contribution >= 0.6 is 0 Å². The number of nitrogens with one attached hydrogen (secondary N) is 2. The summed E-state index contributed by atoms with van der Waals surface area (Å²) in [5, 5.41) is 10.9. The minimum absolute atomic E-state index is 0.327. The predicted molar refractivity (Wildman–Crippen MR) is 128 cm³/mol. The van der Waals surface area contributed by atoms with Gasteiger partial charge in [-0.25, -0.2) is 9.07 Å². The Morgan fingerprint density at radius 3 is 2.56 bits per heavy atom. The van der Waals surface area contributed by atoms with E-state index in [0.717, 1.165) is 11.1 Å². The van der Waals surface area contributed by atoms with Gasteiger partial charge in [-0.1, -0.05) is 42.5 Å². The maximum atomic E-state index is 13.5. The van der Waals surface area contributed by atoms with E-state index in [1.165, 1.54) is 24.3 Å². The Kier molecular flexibility index (Phi) is 5.55. The van der Waals surface area contributed by atoms with Crippen molar-refractivity contribution in [1.82, 2.24) is 14.8 Å². The second kappa shape index (κ2) is 8.82. The van der Waals surface area contributed by atoms with Crippen LogP contribution in [-0.4, -0.2) is 27.8 Å². The number of ether oxygens (including phenoxy) is 1. The van der Waals surface area contributed by atoms with E-state index in [-0.39, 0.29) is 11.7 Å². The minimum atomic E-state index is -0.559. The monoisotopic (exact) mass is 455 g/mol. The van der Waals surface area contributed by atoms with Crippen molar-refractivity contribution in [2.24, 2.45) is 0 Å². The standard InChI is InChI=1S/C26H22FN5O2/c1-16-22(25(33)29-20-13-11-19(27)12-14-20)23(18-9-6-10-21(15-18)34-2)32-26(28-16)30-24(31-32)17-7-4-3-5-8-17/h3-15,23H,1-2H3,(H,29,33)(H,28,30,31)/t23-/m0/s1. The van der Waals surface area contributed by atoms with Crippen LogP contribution in [0.25, 0.3) is 11.4 Å². The van der Waals surface area contributed by atoms with Crippen LogP contribution in [0.15, 0.2) is 90.1 Å².